The second-order valence-corrected chi connectivity index (χ2v) is 4.90. The van der Waals surface area contributed by atoms with Gasteiger partial charge in [-0.15, -0.1) is 0 Å². The summed E-state index contributed by atoms with van der Waals surface area (Å²) in [5.41, 5.74) is 2.76. The Bertz CT molecular complexity index is 452. The van der Waals surface area contributed by atoms with Crippen LogP contribution in [0.2, 0.25) is 0 Å². The van der Waals surface area contributed by atoms with Gasteiger partial charge in [0.15, 0.2) is 0 Å². The molecule has 1 aliphatic heterocycles. The normalized spacial score (nSPS) is 19.8. The van der Waals surface area contributed by atoms with E-state index in [1.807, 2.05) is 0 Å². The maximum Gasteiger partial charge on any atom is 0.0604 e. The zero-order valence-corrected chi connectivity index (χ0v) is 10.7. The minimum Gasteiger partial charge on any atom is -0.289 e. The third kappa shape index (κ3) is 2.06. The summed E-state index contributed by atoms with van der Waals surface area (Å²) in [6, 6.07) is 22.5. The van der Waals surface area contributed by atoms with Crippen molar-refractivity contribution in [2.24, 2.45) is 0 Å². The van der Waals surface area contributed by atoms with Crippen molar-refractivity contribution >= 4 is 0 Å². The Kier molecular flexibility index (Phi) is 3.16. The number of nitrogens with zero attached hydrogens (tertiary/aromatic N) is 1. The van der Waals surface area contributed by atoms with Crippen molar-refractivity contribution in [3.63, 3.8) is 0 Å². The topological polar surface area (TPSA) is 3.24 Å². The van der Waals surface area contributed by atoms with E-state index >= 15 is 0 Å². The fourth-order valence-corrected chi connectivity index (χ4v) is 2.62. The predicted molar refractivity (Wildman–Crippen MR) is 75.2 cm³/mol. The third-order valence-electron chi connectivity index (χ3n) is 3.74. The van der Waals surface area contributed by atoms with Gasteiger partial charge in [-0.05, 0) is 24.5 Å². The van der Waals surface area contributed by atoms with Crippen LogP contribution in [-0.2, 0) is 0 Å². The lowest BCUT2D eigenvalue weighted by Crippen LogP contribution is -2.48. The Labute approximate surface area is 109 Å². The minimum absolute atomic E-state index is 0.382. The summed E-state index contributed by atoms with van der Waals surface area (Å²) in [5, 5.41) is 0. The first kappa shape index (κ1) is 11.5. The van der Waals surface area contributed by atoms with Crippen LogP contribution in [0.25, 0.3) is 0 Å². The highest BCUT2D eigenvalue weighted by molar-refractivity contribution is 5.33. The highest BCUT2D eigenvalue weighted by atomic mass is 15.2. The lowest BCUT2D eigenvalue weighted by atomic mass is 9.91. The summed E-state index contributed by atoms with van der Waals surface area (Å²) >= 11 is 0. The average molecular weight is 236 g/mol. The Morgan fingerprint density at radius 1 is 0.889 bits per heavy atom. The van der Waals surface area contributed by atoms with Gasteiger partial charge in [-0.2, -0.15) is 0 Å². The monoisotopic (exact) mass is 236 g/mol. The van der Waals surface area contributed by atoms with Crippen LogP contribution in [0.5, 0.6) is 0 Å². The summed E-state index contributed by atoms with van der Waals surface area (Å²) < 4.78 is 0. The van der Waals surface area contributed by atoms with E-state index in [2.05, 4.69) is 78.9 Å². The quantitative estimate of drug-likeness (QED) is 0.785. The minimum atomic E-state index is 0.382. The molecule has 0 amide bonds. The smallest absolute Gasteiger partial charge is 0.0604 e. The molecule has 1 heterocycles. The number of hydrogen-bond acceptors (Lipinski definition) is 1. The standard InChI is InChI=1S/C17H18N/c1-14-12-13-18(14)17(15-8-4-2-5-9-15)16-10-6-3-7-11-16/h2-12,14,17H,13H2,1H3/t14-/m1/s1. The zero-order valence-electron chi connectivity index (χ0n) is 10.7. The molecule has 0 N–H and O–H groups in total. The molecule has 0 bridgehead atoms. The van der Waals surface area contributed by atoms with Crippen LogP contribution in [0.3, 0.4) is 0 Å². The molecule has 3 rings (SSSR count). The van der Waals surface area contributed by atoms with Crippen LogP contribution >= 0.6 is 0 Å². The molecular formula is C17H18N. The van der Waals surface area contributed by atoms with Gasteiger partial charge in [0.2, 0.25) is 0 Å². The lowest BCUT2D eigenvalue weighted by Gasteiger charge is -2.44. The first-order chi connectivity index (χ1) is 8.86. The van der Waals surface area contributed by atoms with Crippen LogP contribution < -0.4 is 0 Å². The van der Waals surface area contributed by atoms with Crippen molar-refractivity contribution in [1.29, 1.82) is 0 Å². The van der Waals surface area contributed by atoms with Crippen LogP contribution in [0.4, 0.5) is 0 Å². The van der Waals surface area contributed by atoms with Crippen molar-refractivity contribution in [1.82, 2.24) is 4.90 Å². The molecule has 1 atom stereocenters. The molecular weight excluding hydrogens is 218 g/mol. The predicted octanol–water partition coefficient (Wildman–Crippen LogP) is 3.68. The highest BCUT2D eigenvalue weighted by Crippen LogP contribution is 2.34. The van der Waals surface area contributed by atoms with Gasteiger partial charge in [0, 0.05) is 12.6 Å². The largest absolute Gasteiger partial charge is 0.289 e. The van der Waals surface area contributed by atoms with E-state index in [0.29, 0.717) is 12.1 Å². The van der Waals surface area contributed by atoms with Crippen LogP contribution in [0.1, 0.15) is 24.1 Å². The van der Waals surface area contributed by atoms with E-state index in [4.69, 9.17) is 0 Å². The summed E-state index contributed by atoms with van der Waals surface area (Å²) in [7, 11) is 0. The Hall–Kier alpha value is -1.60. The van der Waals surface area contributed by atoms with Gasteiger partial charge >= 0.3 is 0 Å². The first-order valence-corrected chi connectivity index (χ1v) is 6.55. The van der Waals surface area contributed by atoms with E-state index < -0.39 is 0 Å². The summed E-state index contributed by atoms with van der Waals surface area (Å²) in [6.45, 7) is 3.35. The number of rotatable bonds is 3. The van der Waals surface area contributed by atoms with E-state index in [0.717, 1.165) is 6.54 Å². The molecule has 1 radical (unpaired) electrons. The second kappa shape index (κ2) is 4.95. The maximum absolute atomic E-state index is 2.53. The van der Waals surface area contributed by atoms with Crippen molar-refractivity contribution in [3.05, 3.63) is 78.2 Å². The number of likely N-dealkylation sites (tertiary alicyclic amines) is 1. The maximum atomic E-state index is 2.53. The van der Waals surface area contributed by atoms with Crippen molar-refractivity contribution in [3.8, 4) is 0 Å². The van der Waals surface area contributed by atoms with Crippen molar-refractivity contribution in [2.75, 3.05) is 6.54 Å². The van der Waals surface area contributed by atoms with Crippen molar-refractivity contribution in [2.45, 2.75) is 19.0 Å². The lowest BCUT2D eigenvalue weighted by molar-refractivity contribution is 0.128. The molecule has 18 heavy (non-hydrogen) atoms. The third-order valence-corrected chi connectivity index (χ3v) is 3.74. The van der Waals surface area contributed by atoms with Crippen molar-refractivity contribution < 1.29 is 0 Å². The molecule has 91 valence electrons. The number of benzene rings is 2. The van der Waals surface area contributed by atoms with E-state index in [1.54, 1.807) is 0 Å². The van der Waals surface area contributed by atoms with E-state index in [1.165, 1.54) is 11.1 Å². The summed E-state index contributed by atoms with van der Waals surface area (Å²) in [6.07, 6.45) is 2.36. The van der Waals surface area contributed by atoms with Gasteiger partial charge < -0.3 is 0 Å². The Balaban J connectivity index is 1.99. The molecule has 1 heteroatoms. The van der Waals surface area contributed by atoms with Crippen LogP contribution in [-0.4, -0.2) is 17.5 Å². The SMILES string of the molecule is C[C@@H]1[CH]CN1C(c1ccccc1)c1ccccc1. The highest BCUT2D eigenvalue weighted by Gasteiger charge is 2.32. The fraction of sp³-hybridized carbons (Fsp3) is 0.235. The van der Waals surface area contributed by atoms with Gasteiger partial charge in [-0.25, -0.2) is 0 Å². The summed E-state index contributed by atoms with van der Waals surface area (Å²) in [4.78, 5) is 2.53. The van der Waals surface area contributed by atoms with Gasteiger partial charge in [0.05, 0.1) is 6.04 Å². The Morgan fingerprint density at radius 3 is 1.72 bits per heavy atom. The first-order valence-electron chi connectivity index (χ1n) is 6.55. The molecule has 1 saturated heterocycles. The van der Waals surface area contributed by atoms with E-state index in [-0.39, 0.29) is 0 Å². The molecule has 0 aromatic heterocycles. The summed E-state index contributed by atoms with van der Waals surface area (Å²) in [5.74, 6) is 0. The molecule has 0 unspecified atom stereocenters. The van der Waals surface area contributed by atoms with Crippen LogP contribution in [0, 0.1) is 6.42 Å². The molecule has 0 aliphatic carbocycles. The number of hydrogen-bond donors (Lipinski definition) is 0. The second-order valence-electron chi connectivity index (χ2n) is 4.90. The molecule has 1 nitrogen and oxygen atoms in total. The molecule has 0 saturated carbocycles. The van der Waals surface area contributed by atoms with Gasteiger partial charge in [0.25, 0.3) is 0 Å². The van der Waals surface area contributed by atoms with Gasteiger partial charge in [0.1, 0.15) is 0 Å². The molecule has 2 aromatic rings. The zero-order chi connectivity index (χ0) is 12.4. The van der Waals surface area contributed by atoms with Gasteiger partial charge in [-0.3, -0.25) is 4.90 Å². The molecule has 1 aliphatic rings. The Morgan fingerprint density at radius 2 is 1.39 bits per heavy atom. The van der Waals surface area contributed by atoms with Crippen LogP contribution in [0.15, 0.2) is 60.7 Å². The fourth-order valence-electron chi connectivity index (χ4n) is 2.62. The van der Waals surface area contributed by atoms with E-state index in [9.17, 15) is 0 Å². The molecule has 1 fully saturated rings. The average Bonchev–Trinajstić information content (AvgIpc) is 2.45. The molecule has 0 spiro atoms. The van der Waals surface area contributed by atoms with Gasteiger partial charge in [-0.1, -0.05) is 60.7 Å². The molecule has 2 aromatic carbocycles.